The number of esters is 1. The number of ether oxygens (including phenoxy) is 1. The molecule has 0 aliphatic rings. The summed E-state index contributed by atoms with van der Waals surface area (Å²) in [5.74, 6) is 0.405. The molecule has 0 aromatic heterocycles. The van der Waals surface area contributed by atoms with Crippen LogP contribution in [-0.2, 0) is 9.53 Å². The Labute approximate surface area is 106 Å². The van der Waals surface area contributed by atoms with Crippen LogP contribution in [0.25, 0.3) is 0 Å². The van der Waals surface area contributed by atoms with Gasteiger partial charge in [0.1, 0.15) is 0 Å². The van der Waals surface area contributed by atoms with Gasteiger partial charge in [-0.3, -0.25) is 0 Å². The Bertz CT molecular complexity index is 267. The lowest BCUT2D eigenvalue weighted by Gasteiger charge is -2.29. The monoisotopic (exact) mass is 241 g/mol. The summed E-state index contributed by atoms with van der Waals surface area (Å²) in [6.45, 7) is 12.6. The van der Waals surface area contributed by atoms with Crippen LogP contribution in [0.4, 0.5) is 0 Å². The van der Waals surface area contributed by atoms with Gasteiger partial charge in [-0.05, 0) is 17.8 Å². The number of rotatable bonds is 7. The summed E-state index contributed by atoms with van der Waals surface area (Å²) in [6.07, 6.45) is 2.63. The van der Waals surface area contributed by atoms with Gasteiger partial charge in [0.25, 0.3) is 0 Å². The third kappa shape index (κ3) is 5.87. The lowest BCUT2D eigenvalue weighted by molar-refractivity contribution is -0.136. The van der Waals surface area contributed by atoms with Crippen molar-refractivity contribution in [2.24, 2.45) is 11.3 Å². The predicted octanol–water partition coefficient (Wildman–Crippen LogP) is 2.77. The molecule has 0 atom stereocenters. The Morgan fingerprint density at radius 3 is 2.41 bits per heavy atom. The molecule has 0 saturated carbocycles. The number of carbonyl (C=O) groups excluding carboxylic acids is 1. The maximum atomic E-state index is 11.3. The summed E-state index contributed by atoms with van der Waals surface area (Å²) < 4.78 is 4.70. The lowest BCUT2D eigenvalue weighted by Crippen LogP contribution is -2.33. The van der Waals surface area contributed by atoms with Gasteiger partial charge in [-0.25, -0.2) is 4.79 Å². The van der Waals surface area contributed by atoms with E-state index in [0.29, 0.717) is 18.9 Å². The Hall–Kier alpha value is -0.830. The van der Waals surface area contributed by atoms with Gasteiger partial charge in [0.15, 0.2) is 0 Å². The molecule has 1 N–H and O–H groups in total. The normalized spacial score (nSPS) is 13.0. The Morgan fingerprint density at radius 1 is 1.41 bits per heavy atom. The van der Waals surface area contributed by atoms with Gasteiger partial charge in [-0.1, -0.05) is 40.7 Å². The molecule has 17 heavy (non-hydrogen) atoms. The van der Waals surface area contributed by atoms with E-state index in [9.17, 15) is 4.79 Å². The predicted molar refractivity (Wildman–Crippen MR) is 71.9 cm³/mol. The molecule has 3 heteroatoms. The second kappa shape index (κ2) is 7.49. The van der Waals surface area contributed by atoms with Crippen LogP contribution in [-0.4, -0.2) is 26.2 Å². The van der Waals surface area contributed by atoms with Crippen molar-refractivity contribution in [1.29, 1.82) is 0 Å². The van der Waals surface area contributed by atoms with Gasteiger partial charge < -0.3 is 10.1 Å². The highest BCUT2D eigenvalue weighted by molar-refractivity contribution is 5.88. The molecule has 0 rings (SSSR count). The summed E-state index contributed by atoms with van der Waals surface area (Å²) in [5, 5.41) is 3.37. The van der Waals surface area contributed by atoms with E-state index in [1.54, 1.807) is 0 Å². The molecular formula is C14H27NO2. The van der Waals surface area contributed by atoms with E-state index < -0.39 is 0 Å². The molecule has 0 unspecified atom stereocenters. The smallest absolute Gasteiger partial charge is 0.333 e. The topological polar surface area (TPSA) is 38.3 Å². The average Bonchev–Trinajstić information content (AvgIpc) is 2.28. The van der Waals surface area contributed by atoms with Crippen molar-refractivity contribution in [3.05, 3.63) is 11.6 Å². The van der Waals surface area contributed by atoms with E-state index in [2.05, 4.69) is 33.0 Å². The van der Waals surface area contributed by atoms with Gasteiger partial charge in [-0.15, -0.1) is 0 Å². The third-order valence-corrected chi connectivity index (χ3v) is 3.46. The zero-order valence-corrected chi connectivity index (χ0v) is 12.1. The molecule has 0 bridgehead atoms. The third-order valence-electron chi connectivity index (χ3n) is 3.46. The van der Waals surface area contributed by atoms with Crippen molar-refractivity contribution in [1.82, 2.24) is 5.32 Å². The summed E-state index contributed by atoms with van der Waals surface area (Å²) in [5.41, 5.74) is 1.01. The van der Waals surface area contributed by atoms with Crippen molar-refractivity contribution in [2.45, 2.75) is 41.0 Å². The van der Waals surface area contributed by atoms with Crippen LogP contribution in [0.3, 0.4) is 0 Å². The second-order valence-corrected chi connectivity index (χ2v) is 5.35. The fourth-order valence-corrected chi connectivity index (χ4v) is 1.30. The molecule has 0 spiro atoms. The number of nitrogens with one attached hydrogen (secondary N) is 1. The SMILES string of the molecule is CCC(=CCNCC(C)(C)C(C)C)C(=O)OC. The van der Waals surface area contributed by atoms with Crippen LogP contribution in [0.5, 0.6) is 0 Å². The van der Waals surface area contributed by atoms with Crippen molar-refractivity contribution in [2.75, 3.05) is 20.2 Å². The average molecular weight is 241 g/mol. The first kappa shape index (κ1) is 16.2. The minimum atomic E-state index is -0.225. The molecular weight excluding hydrogens is 214 g/mol. The number of methoxy groups -OCH3 is 1. The van der Waals surface area contributed by atoms with Crippen molar-refractivity contribution in [3.63, 3.8) is 0 Å². The first-order chi connectivity index (χ1) is 7.85. The van der Waals surface area contributed by atoms with Crippen molar-refractivity contribution >= 4 is 5.97 Å². The second-order valence-electron chi connectivity index (χ2n) is 5.35. The Morgan fingerprint density at radius 2 is 2.00 bits per heavy atom. The highest BCUT2D eigenvalue weighted by atomic mass is 16.5. The largest absolute Gasteiger partial charge is 0.466 e. The molecule has 0 amide bonds. The molecule has 0 aliphatic carbocycles. The summed E-state index contributed by atoms with van der Waals surface area (Å²) in [6, 6.07) is 0. The molecule has 0 radical (unpaired) electrons. The highest BCUT2D eigenvalue weighted by Gasteiger charge is 2.21. The van der Waals surface area contributed by atoms with E-state index in [1.807, 2.05) is 13.0 Å². The van der Waals surface area contributed by atoms with Crippen LogP contribution >= 0.6 is 0 Å². The van der Waals surface area contributed by atoms with E-state index in [-0.39, 0.29) is 11.4 Å². The maximum absolute atomic E-state index is 11.3. The van der Waals surface area contributed by atoms with E-state index >= 15 is 0 Å². The number of hydrogen-bond donors (Lipinski definition) is 1. The van der Waals surface area contributed by atoms with Gasteiger partial charge in [0, 0.05) is 18.7 Å². The highest BCUT2D eigenvalue weighted by Crippen LogP contribution is 2.24. The standard InChI is InChI=1S/C14H27NO2/c1-7-12(13(16)17-6)8-9-15-10-14(4,5)11(2)3/h8,11,15H,7,9-10H2,1-6H3. The zero-order valence-electron chi connectivity index (χ0n) is 12.1. The first-order valence-electron chi connectivity index (χ1n) is 6.33. The van der Waals surface area contributed by atoms with Crippen LogP contribution in [0.15, 0.2) is 11.6 Å². The summed E-state index contributed by atoms with van der Waals surface area (Å²) in [7, 11) is 1.42. The van der Waals surface area contributed by atoms with Crippen LogP contribution < -0.4 is 5.32 Å². The van der Waals surface area contributed by atoms with Crippen LogP contribution in [0, 0.1) is 11.3 Å². The summed E-state index contributed by atoms with van der Waals surface area (Å²) in [4.78, 5) is 11.3. The minimum absolute atomic E-state index is 0.225. The minimum Gasteiger partial charge on any atom is -0.466 e. The van der Waals surface area contributed by atoms with Crippen LogP contribution in [0.2, 0.25) is 0 Å². The fourth-order valence-electron chi connectivity index (χ4n) is 1.30. The molecule has 0 aliphatic heterocycles. The first-order valence-corrected chi connectivity index (χ1v) is 6.33. The molecule has 3 nitrogen and oxygen atoms in total. The van der Waals surface area contributed by atoms with Crippen molar-refractivity contribution < 1.29 is 9.53 Å². The molecule has 100 valence electrons. The Balaban J connectivity index is 4.13. The van der Waals surface area contributed by atoms with E-state index in [4.69, 9.17) is 4.74 Å². The molecule has 0 aromatic rings. The zero-order chi connectivity index (χ0) is 13.5. The van der Waals surface area contributed by atoms with Crippen molar-refractivity contribution in [3.8, 4) is 0 Å². The lowest BCUT2D eigenvalue weighted by atomic mass is 9.81. The molecule has 0 aromatic carbocycles. The van der Waals surface area contributed by atoms with E-state index in [0.717, 1.165) is 12.1 Å². The number of carbonyl (C=O) groups is 1. The Kier molecular flexibility index (Phi) is 7.12. The van der Waals surface area contributed by atoms with Gasteiger partial charge in [0.2, 0.25) is 0 Å². The van der Waals surface area contributed by atoms with Gasteiger partial charge in [-0.2, -0.15) is 0 Å². The molecule has 0 fully saturated rings. The molecule has 0 heterocycles. The van der Waals surface area contributed by atoms with Gasteiger partial charge >= 0.3 is 5.97 Å². The maximum Gasteiger partial charge on any atom is 0.333 e. The fraction of sp³-hybridized carbons (Fsp3) is 0.786. The quantitative estimate of drug-likeness (QED) is 0.423. The summed E-state index contributed by atoms with van der Waals surface area (Å²) >= 11 is 0. The molecule has 0 saturated heterocycles. The van der Waals surface area contributed by atoms with E-state index in [1.165, 1.54) is 7.11 Å². The number of hydrogen-bond acceptors (Lipinski definition) is 3. The van der Waals surface area contributed by atoms with Gasteiger partial charge in [0.05, 0.1) is 7.11 Å². The van der Waals surface area contributed by atoms with Crippen LogP contribution in [0.1, 0.15) is 41.0 Å².